The fraction of sp³-hybridized carbons (Fsp3) is 0.400. The van der Waals surface area contributed by atoms with Crippen LogP contribution in [0.25, 0.3) is 0 Å². The summed E-state index contributed by atoms with van der Waals surface area (Å²) in [6.45, 7) is 2.81. The minimum absolute atomic E-state index is 0.0861. The van der Waals surface area contributed by atoms with E-state index in [1.807, 2.05) is 0 Å². The lowest BCUT2D eigenvalue weighted by atomic mass is 10.2. The lowest BCUT2D eigenvalue weighted by Crippen LogP contribution is -2.31. The number of rotatable bonds is 4. The summed E-state index contributed by atoms with van der Waals surface area (Å²) in [5.41, 5.74) is 5.36. The van der Waals surface area contributed by atoms with E-state index in [1.54, 1.807) is 0 Å². The van der Waals surface area contributed by atoms with Gasteiger partial charge >= 0.3 is 0 Å². The van der Waals surface area contributed by atoms with Gasteiger partial charge in [-0.2, -0.15) is 0 Å². The number of benzene rings is 1. The summed E-state index contributed by atoms with van der Waals surface area (Å²) >= 11 is 0. The van der Waals surface area contributed by atoms with E-state index < -0.39 is 21.9 Å². The van der Waals surface area contributed by atoms with E-state index in [2.05, 4.69) is 4.72 Å². The molecular formula is C10H15FN2O3S. The average Bonchev–Trinajstić information content (AvgIpc) is 2.20. The maximum absolute atomic E-state index is 13.1. The maximum Gasteiger partial charge on any atom is 0.240 e. The van der Waals surface area contributed by atoms with E-state index >= 15 is 0 Å². The molecule has 1 rings (SSSR count). The summed E-state index contributed by atoms with van der Waals surface area (Å²) in [6.07, 6.45) is -0.803. The molecule has 0 radical (unpaired) electrons. The molecule has 0 aliphatic heterocycles. The molecule has 0 aromatic heterocycles. The second-order valence-electron chi connectivity index (χ2n) is 3.84. The van der Waals surface area contributed by atoms with E-state index in [0.29, 0.717) is 0 Å². The fourth-order valence-electron chi connectivity index (χ4n) is 1.27. The molecule has 0 aliphatic carbocycles. The van der Waals surface area contributed by atoms with Gasteiger partial charge in [0.05, 0.1) is 16.7 Å². The van der Waals surface area contributed by atoms with Gasteiger partial charge in [0.15, 0.2) is 0 Å². The van der Waals surface area contributed by atoms with Crippen molar-refractivity contribution in [3.8, 4) is 0 Å². The van der Waals surface area contributed by atoms with Gasteiger partial charge in [-0.3, -0.25) is 0 Å². The van der Waals surface area contributed by atoms with Crippen LogP contribution in [-0.4, -0.2) is 26.2 Å². The Kier molecular flexibility index (Phi) is 4.07. The molecular weight excluding hydrogens is 247 g/mol. The standard InChI is InChI=1S/C10H15FN2O3S/c1-6-3-8(11)9(12)4-10(6)17(15,16)13-5-7(2)14/h3-4,7,13-14H,5,12H2,1-2H3/t7-/m1/s1. The molecule has 0 unspecified atom stereocenters. The van der Waals surface area contributed by atoms with Crippen molar-refractivity contribution in [2.75, 3.05) is 12.3 Å². The van der Waals surface area contributed by atoms with Crippen LogP contribution in [0, 0.1) is 12.7 Å². The van der Waals surface area contributed by atoms with Gasteiger partial charge in [0.2, 0.25) is 10.0 Å². The van der Waals surface area contributed by atoms with E-state index in [9.17, 15) is 12.8 Å². The lowest BCUT2D eigenvalue weighted by molar-refractivity contribution is 0.198. The zero-order chi connectivity index (χ0) is 13.2. The minimum Gasteiger partial charge on any atom is -0.396 e. The average molecular weight is 262 g/mol. The number of sulfonamides is 1. The van der Waals surface area contributed by atoms with Gasteiger partial charge in [-0.15, -0.1) is 0 Å². The van der Waals surface area contributed by atoms with Crippen molar-refractivity contribution in [1.82, 2.24) is 4.72 Å². The van der Waals surface area contributed by atoms with E-state index in [0.717, 1.165) is 12.1 Å². The molecule has 7 heteroatoms. The molecule has 0 amide bonds. The Morgan fingerprint density at radius 3 is 2.65 bits per heavy atom. The normalized spacial score (nSPS) is 13.6. The van der Waals surface area contributed by atoms with Crippen molar-refractivity contribution in [3.63, 3.8) is 0 Å². The predicted molar refractivity (Wildman–Crippen MR) is 62.4 cm³/mol. The fourth-order valence-corrected chi connectivity index (χ4v) is 2.65. The largest absolute Gasteiger partial charge is 0.396 e. The number of nitrogen functional groups attached to an aromatic ring is 1. The first-order chi connectivity index (χ1) is 7.74. The van der Waals surface area contributed by atoms with Gasteiger partial charge in [-0.1, -0.05) is 0 Å². The van der Waals surface area contributed by atoms with Crippen LogP contribution < -0.4 is 10.5 Å². The third-order valence-corrected chi connectivity index (χ3v) is 3.72. The van der Waals surface area contributed by atoms with Gasteiger partial charge in [-0.25, -0.2) is 17.5 Å². The molecule has 0 fully saturated rings. The molecule has 4 N–H and O–H groups in total. The third kappa shape index (κ3) is 3.39. The van der Waals surface area contributed by atoms with Crippen molar-refractivity contribution in [2.24, 2.45) is 0 Å². The topological polar surface area (TPSA) is 92.4 Å². The number of nitrogens with two attached hydrogens (primary N) is 1. The van der Waals surface area contributed by atoms with Gasteiger partial charge in [0, 0.05) is 6.54 Å². The molecule has 1 atom stereocenters. The molecule has 1 aromatic rings. The van der Waals surface area contributed by atoms with Crippen LogP contribution in [0.5, 0.6) is 0 Å². The number of halogens is 1. The highest BCUT2D eigenvalue weighted by molar-refractivity contribution is 7.89. The molecule has 96 valence electrons. The zero-order valence-corrected chi connectivity index (χ0v) is 10.4. The Balaban J connectivity index is 3.11. The number of aryl methyl sites for hydroxylation is 1. The van der Waals surface area contributed by atoms with Crippen molar-refractivity contribution < 1.29 is 17.9 Å². The van der Waals surface area contributed by atoms with Crippen LogP contribution in [-0.2, 0) is 10.0 Å². The molecule has 0 heterocycles. The smallest absolute Gasteiger partial charge is 0.240 e. The van der Waals surface area contributed by atoms with Crippen LogP contribution in [0.15, 0.2) is 17.0 Å². The van der Waals surface area contributed by atoms with Crippen molar-refractivity contribution in [3.05, 3.63) is 23.5 Å². The first-order valence-electron chi connectivity index (χ1n) is 4.97. The van der Waals surface area contributed by atoms with E-state index in [-0.39, 0.29) is 22.7 Å². The lowest BCUT2D eigenvalue weighted by Gasteiger charge is -2.11. The van der Waals surface area contributed by atoms with Gasteiger partial charge < -0.3 is 10.8 Å². The molecule has 17 heavy (non-hydrogen) atoms. The molecule has 0 saturated heterocycles. The van der Waals surface area contributed by atoms with Crippen molar-refractivity contribution in [1.29, 1.82) is 0 Å². The summed E-state index contributed by atoms with van der Waals surface area (Å²) in [6, 6.07) is 2.13. The predicted octanol–water partition coefficient (Wildman–Crippen LogP) is 0.375. The minimum atomic E-state index is -3.78. The summed E-state index contributed by atoms with van der Waals surface area (Å²) in [7, 11) is -3.78. The van der Waals surface area contributed by atoms with Crippen LogP contribution in [0.3, 0.4) is 0 Å². The third-order valence-electron chi connectivity index (χ3n) is 2.15. The highest BCUT2D eigenvalue weighted by atomic mass is 32.2. The second kappa shape index (κ2) is 4.99. The maximum atomic E-state index is 13.1. The summed E-state index contributed by atoms with van der Waals surface area (Å²) in [4.78, 5) is -0.0861. The Bertz CT molecular complexity index is 515. The second-order valence-corrected chi connectivity index (χ2v) is 5.58. The van der Waals surface area contributed by atoms with Gasteiger partial charge in [0.1, 0.15) is 5.82 Å². The number of nitrogens with one attached hydrogen (secondary N) is 1. The number of aliphatic hydroxyl groups excluding tert-OH is 1. The molecule has 5 nitrogen and oxygen atoms in total. The van der Waals surface area contributed by atoms with Crippen LogP contribution in [0.1, 0.15) is 12.5 Å². The van der Waals surface area contributed by atoms with Gasteiger partial charge in [-0.05, 0) is 31.5 Å². The first-order valence-corrected chi connectivity index (χ1v) is 6.45. The molecule has 0 aliphatic rings. The highest BCUT2D eigenvalue weighted by Crippen LogP contribution is 2.21. The van der Waals surface area contributed by atoms with Crippen molar-refractivity contribution in [2.45, 2.75) is 24.8 Å². The number of hydrogen-bond acceptors (Lipinski definition) is 4. The van der Waals surface area contributed by atoms with Crippen molar-refractivity contribution >= 4 is 15.7 Å². The summed E-state index contributed by atoms with van der Waals surface area (Å²) in [5.74, 6) is -0.656. The van der Waals surface area contributed by atoms with E-state index in [1.165, 1.54) is 13.8 Å². The van der Waals surface area contributed by atoms with Gasteiger partial charge in [0.25, 0.3) is 0 Å². The quantitative estimate of drug-likeness (QED) is 0.684. The Morgan fingerprint density at radius 1 is 1.53 bits per heavy atom. The Hall–Kier alpha value is -1.18. The molecule has 1 aromatic carbocycles. The van der Waals surface area contributed by atoms with E-state index in [4.69, 9.17) is 10.8 Å². The van der Waals surface area contributed by atoms with Crippen LogP contribution in [0.4, 0.5) is 10.1 Å². The summed E-state index contributed by atoms with van der Waals surface area (Å²) < 4.78 is 38.9. The zero-order valence-electron chi connectivity index (χ0n) is 9.57. The Morgan fingerprint density at radius 2 is 2.12 bits per heavy atom. The number of aliphatic hydroxyl groups is 1. The first kappa shape index (κ1) is 13.9. The molecule has 0 bridgehead atoms. The Labute approximate surface area is 99.5 Å². The summed E-state index contributed by atoms with van der Waals surface area (Å²) in [5, 5.41) is 9.02. The SMILES string of the molecule is Cc1cc(F)c(N)cc1S(=O)(=O)NC[C@@H](C)O. The van der Waals surface area contributed by atoms with Crippen LogP contribution in [0.2, 0.25) is 0 Å². The molecule has 0 spiro atoms. The number of hydrogen-bond donors (Lipinski definition) is 3. The molecule has 0 saturated carbocycles. The van der Waals surface area contributed by atoms with Crippen LogP contribution >= 0.6 is 0 Å². The monoisotopic (exact) mass is 262 g/mol. The highest BCUT2D eigenvalue weighted by Gasteiger charge is 2.19. The number of anilines is 1.